The van der Waals surface area contributed by atoms with E-state index < -0.39 is 0 Å². The molecule has 1 aromatic rings. The molecule has 0 aromatic carbocycles. The number of hydrogen-bond donors (Lipinski definition) is 1. The third-order valence-electron chi connectivity index (χ3n) is 3.92. The maximum Gasteiger partial charge on any atom is 0.0931 e. The van der Waals surface area contributed by atoms with Gasteiger partial charge in [0, 0.05) is 12.0 Å². The van der Waals surface area contributed by atoms with Crippen molar-refractivity contribution < 1.29 is 4.74 Å². The molecule has 1 N–H and O–H groups in total. The monoisotopic (exact) mass is 287 g/mol. The van der Waals surface area contributed by atoms with Gasteiger partial charge in [-0.15, -0.1) is 11.3 Å². The molecular weight excluding hydrogens is 266 g/mol. The van der Waals surface area contributed by atoms with E-state index in [0.29, 0.717) is 0 Å². The molecule has 2 rings (SSSR count). The van der Waals surface area contributed by atoms with Crippen molar-refractivity contribution in [3.05, 3.63) is 21.3 Å². The van der Waals surface area contributed by atoms with Gasteiger partial charge in [-0.25, -0.2) is 0 Å². The van der Waals surface area contributed by atoms with Crippen LogP contribution in [0.15, 0.2) is 12.1 Å². The predicted molar refractivity (Wildman–Crippen MR) is 78.6 cm³/mol. The Hall–Kier alpha value is -0.0900. The molecule has 0 spiro atoms. The van der Waals surface area contributed by atoms with Crippen molar-refractivity contribution in [1.82, 2.24) is 5.32 Å². The zero-order valence-electron chi connectivity index (χ0n) is 11.2. The van der Waals surface area contributed by atoms with Gasteiger partial charge in [-0.05, 0) is 31.5 Å². The minimum absolute atomic E-state index is 0.0531. The molecule has 1 fully saturated rings. The van der Waals surface area contributed by atoms with Gasteiger partial charge >= 0.3 is 0 Å². The van der Waals surface area contributed by atoms with Crippen LogP contribution < -0.4 is 5.32 Å². The first-order valence-corrected chi connectivity index (χ1v) is 7.95. The van der Waals surface area contributed by atoms with Crippen LogP contribution in [0.1, 0.15) is 49.9 Å². The number of rotatable bonds is 5. The van der Waals surface area contributed by atoms with E-state index in [4.69, 9.17) is 16.3 Å². The molecule has 0 radical (unpaired) electrons. The normalized spacial score (nSPS) is 20.8. The van der Waals surface area contributed by atoms with Crippen molar-refractivity contribution in [2.45, 2.75) is 50.7 Å². The molecule has 1 saturated carbocycles. The molecule has 0 bridgehead atoms. The van der Waals surface area contributed by atoms with Crippen LogP contribution in [0.3, 0.4) is 0 Å². The van der Waals surface area contributed by atoms with E-state index in [1.165, 1.54) is 24.1 Å². The minimum Gasteiger partial charge on any atom is -0.376 e. The highest BCUT2D eigenvalue weighted by atomic mass is 35.5. The molecule has 0 aliphatic heterocycles. The van der Waals surface area contributed by atoms with E-state index in [2.05, 4.69) is 18.3 Å². The summed E-state index contributed by atoms with van der Waals surface area (Å²) in [6.45, 7) is 3.10. The molecule has 4 heteroatoms. The summed E-state index contributed by atoms with van der Waals surface area (Å²) in [5.74, 6) is 0. The van der Waals surface area contributed by atoms with E-state index in [1.807, 2.05) is 13.2 Å². The van der Waals surface area contributed by atoms with Crippen LogP contribution in [0.4, 0.5) is 0 Å². The van der Waals surface area contributed by atoms with Crippen LogP contribution >= 0.6 is 22.9 Å². The summed E-state index contributed by atoms with van der Waals surface area (Å²) in [4.78, 5) is 1.30. The second-order valence-electron chi connectivity index (χ2n) is 4.96. The number of thiophene rings is 1. The molecule has 1 aliphatic carbocycles. The summed E-state index contributed by atoms with van der Waals surface area (Å²) in [6.07, 6.45) is 6.12. The Bertz CT molecular complexity index is 374. The second-order valence-corrected chi connectivity index (χ2v) is 6.71. The van der Waals surface area contributed by atoms with E-state index >= 15 is 0 Å². The molecule has 18 heavy (non-hydrogen) atoms. The fourth-order valence-electron chi connectivity index (χ4n) is 2.99. The molecule has 1 aliphatic rings. The van der Waals surface area contributed by atoms with Crippen LogP contribution in [0.25, 0.3) is 0 Å². The van der Waals surface area contributed by atoms with Gasteiger partial charge in [0.15, 0.2) is 0 Å². The first kappa shape index (κ1) is 14.3. The summed E-state index contributed by atoms with van der Waals surface area (Å²) < 4.78 is 6.81. The second kappa shape index (κ2) is 6.38. The molecule has 2 nitrogen and oxygen atoms in total. The molecule has 1 unspecified atom stereocenters. The molecule has 0 saturated heterocycles. The highest BCUT2D eigenvalue weighted by molar-refractivity contribution is 7.16. The van der Waals surface area contributed by atoms with Crippen molar-refractivity contribution in [3.8, 4) is 0 Å². The Morgan fingerprint density at radius 1 is 1.39 bits per heavy atom. The predicted octanol–water partition coefficient (Wildman–Crippen LogP) is 4.40. The third kappa shape index (κ3) is 2.90. The average Bonchev–Trinajstić information content (AvgIpc) is 2.83. The van der Waals surface area contributed by atoms with E-state index in [0.717, 1.165) is 23.7 Å². The highest BCUT2D eigenvalue weighted by Crippen LogP contribution is 2.43. The molecule has 1 atom stereocenters. The standard InChI is InChI=1S/C14H22ClNOS/c1-3-16-13(11-7-8-12(15)18-11)14(17-2)9-5-4-6-10-14/h7-8,13,16H,3-6,9-10H2,1-2H3. The smallest absolute Gasteiger partial charge is 0.0931 e. The van der Waals surface area contributed by atoms with E-state index in [-0.39, 0.29) is 11.6 Å². The molecule has 0 amide bonds. The number of likely N-dealkylation sites (N-methyl/N-ethyl adjacent to an activating group) is 1. The Morgan fingerprint density at radius 2 is 2.11 bits per heavy atom. The lowest BCUT2D eigenvalue weighted by Crippen LogP contribution is -2.46. The summed E-state index contributed by atoms with van der Waals surface area (Å²) in [7, 11) is 1.85. The van der Waals surface area contributed by atoms with Gasteiger partial charge in [-0.3, -0.25) is 0 Å². The minimum atomic E-state index is -0.0531. The van der Waals surface area contributed by atoms with Gasteiger partial charge in [0.2, 0.25) is 0 Å². The Morgan fingerprint density at radius 3 is 2.61 bits per heavy atom. The summed E-state index contributed by atoms with van der Waals surface area (Å²) in [6, 6.07) is 4.39. The first-order chi connectivity index (χ1) is 8.72. The quantitative estimate of drug-likeness (QED) is 0.866. The van der Waals surface area contributed by atoms with Crippen molar-refractivity contribution in [2.75, 3.05) is 13.7 Å². The van der Waals surface area contributed by atoms with Gasteiger partial charge in [0.1, 0.15) is 0 Å². The molecular formula is C14H22ClNOS. The lowest BCUT2D eigenvalue weighted by Gasteiger charge is -2.42. The van der Waals surface area contributed by atoms with Crippen LogP contribution in [0.5, 0.6) is 0 Å². The van der Waals surface area contributed by atoms with Crippen molar-refractivity contribution in [3.63, 3.8) is 0 Å². The first-order valence-electron chi connectivity index (χ1n) is 6.75. The molecule has 102 valence electrons. The topological polar surface area (TPSA) is 21.3 Å². The van der Waals surface area contributed by atoms with Crippen LogP contribution in [-0.4, -0.2) is 19.3 Å². The number of nitrogens with one attached hydrogen (secondary N) is 1. The van der Waals surface area contributed by atoms with Gasteiger partial charge in [0.05, 0.1) is 16.0 Å². The van der Waals surface area contributed by atoms with Crippen LogP contribution in [0.2, 0.25) is 4.34 Å². The summed E-state index contributed by atoms with van der Waals surface area (Å²) in [5, 5.41) is 3.60. The maximum atomic E-state index is 6.08. The average molecular weight is 288 g/mol. The van der Waals surface area contributed by atoms with Crippen molar-refractivity contribution in [1.29, 1.82) is 0 Å². The number of methoxy groups -OCH3 is 1. The summed E-state index contributed by atoms with van der Waals surface area (Å²) in [5.41, 5.74) is -0.0531. The zero-order chi connectivity index (χ0) is 13.0. The lowest BCUT2D eigenvalue weighted by molar-refractivity contribution is -0.0676. The van der Waals surface area contributed by atoms with Gasteiger partial charge < -0.3 is 10.1 Å². The summed E-state index contributed by atoms with van der Waals surface area (Å²) >= 11 is 7.75. The fraction of sp³-hybridized carbons (Fsp3) is 0.714. The SMILES string of the molecule is CCNC(c1ccc(Cl)s1)C1(OC)CCCCC1. The van der Waals surface area contributed by atoms with Crippen LogP contribution in [-0.2, 0) is 4.74 Å². The van der Waals surface area contributed by atoms with Gasteiger partial charge in [0.25, 0.3) is 0 Å². The van der Waals surface area contributed by atoms with Crippen molar-refractivity contribution in [2.24, 2.45) is 0 Å². The highest BCUT2D eigenvalue weighted by Gasteiger charge is 2.41. The van der Waals surface area contributed by atoms with E-state index in [1.54, 1.807) is 11.3 Å². The molecule has 1 heterocycles. The zero-order valence-corrected chi connectivity index (χ0v) is 12.7. The van der Waals surface area contributed by atoms with Gasteiger partial charge in [-0.1, -0.05) is 37.8 Å². The van der Waals surface area contributed by atoms with Crippen molar-refractivity contribution >= 4 is 22.9 Å². The Balaban J connectivity index is 2.26. The number of ether oxygens (including phenoxy) is 1. The van der Waals surface area contributed by atoms with E-state index in [9.17, 15) is 0 Å². The largest absolute Gasteiger partial charge is 0.376 e. The fourth-order valence-corrected chi connectivity index (χ4v) is 4.24. The number of halogens is 1. The van der Waals surface area contributed by atoms with Crippen LogP contribution in [0, 0.1) is 0 Å². The lowest BCUT2D eigenvalue weighted by atomic mass is 9.78. The Labute approximate surface area is 119 Å². The Kier molecular flexibility index (Phi) is 5.07. The number of hydrogen-bond acceptors (Lipinski definition) is 3. The third-order valence-corrected chi connectivity index (χ3v) is 5.22. The molecule has 1 aromatic heterocycles. The maximum absolute atomic E-state index is 6.08. The van der Waals surface area contributed by atoms with Gasteiger partial charge in [-0.2, -0.15) is 0 Å².